The van der Waals surface area contributed by atoms with Gasteiger partial charge in [-0.25, -0.2) is 8.42 Å². The van der Waals surface area contributed by atoms with Crippen LogP contribution in [0.2, 0.25) is 0 Å². The minimum atomic E-state index is -3.22. The molecule has 37 heavy (non-hydrogen) atoms. The highest BCUT2D eigenvalue weighted by molar-refractivity contribution is 7.91. The molecule has 3 aliphatic carbocycles. The first-order valence-electron chi connectivity index (χ1n) is 12.0. The van der Waals surface area contributed by atoms with Crippen LogP contribution in [0.25, 0.3) is 5.76 Å². The molecule has 0 aromatic heterocycles. The van der Waals surface area contributed by atoms with Crippen molar-refractivity contribution in [3.05, 3.63) is 46.2 Å². The number of sulfone groups is 1. The van der Waals surface area contributed by atoms with Gasteiger partial charge < -0.3 is 26.2 Å². The number of hydrogen-bond acceptors (Lipinski definition) is 10. The monoisotopic (exact) mass is 532 g/mol. The number of Topliss-reactive ketones (excluding diaryl/α,β-unsaturated/α-hetero) is 2. The smallest absolute Gasteiger partial charge is 0.255 e. The van der Waals surface area contributed by atoms with E-state index in [4.69, 9.17) is 5.73 Å². The van der Waals surface area contributed by atoms with E-state index in [1.807, 2.05) is 0 Å². The number of aromatic hydroxyl groups is 1. The fraction of sp³-hybridized carbons (Fsp3) is 0.480. The van der Waals surface area contributed by atoms with Gasteiger partial charge in [0.2, 0.25) is 5.78 Å². The molecule has 11 nitrogen and oxygen atoms in total. The number of aliphatic hydroxyl groups is 3. The molecule has 4 aliphatic rings. The van der Waals surface area contributed by atoms with Crippen LogP contribution >= 0.6 is 0 Å². The SMILES string of the molecule is CN(C1CCS(=O)(=O)CC1)[C@H]1C(=O)C(C(N)=O)=C(O)[C@@]2(O)C(=O)C3=C(O)c4c(O)cccc4C[C@H]3C[C@@H]12. The minimum Gasteiger partial charge on any atom is -0.508 e. The highest BCUT2D eigenvalue weighted by Crippen LogP contribution is 2.52. The first-order valence-corrected chi connectivity index (χ1v) is 13.8. The van der Waals surface area contributed by atoms with Crippen molar-refractivity contribution in [1.29, 1.82) is 0 Å². The highest BCUT2D eigenvalue weighted by Gasteiger charge is 2.64. The molecular formula is C25H28N2O9S. The van der Waals surface area contributed by atoms with E-state index in [9.17, 15) is 43.2 Å². The van der Waals surface area contributed by atoms with Gasteiger partial charge in [0, 0.05) is 17.5 Å². The van der Waals surface area contributed by atoms with Crippen molar-refractivity contribution in [2.75, 3.05) is 18.6 Å². The third kappa shape index (κ3) is 3.61. The van der Waals surface area contributed by atoms with Crippen LogP contribution in [0.4, 0.5) is 0 Å². The molecule has 0 unspecified atom stereocenters. The molecular weight excluding hydrogens is 504 g/mol. The van der Waals surface area contributed by atoms with Crippen molar-refractivity contribution >= 4 is 33.1 Å². The quantitative estimate of drug-likeness (QED) is 0.328. The average molecular weight is 533 g/mol. The van der Waals surface area contributed by atoms with Crippen LogP contribution in [0.3, 0.4) is 0 Å². The van der Waals surface area contributed by atoms with E-state index in [2.05, 4.69) is 0 Å². The average Bonchev–Trinajstić information content (AvgIpc) is 2.81. The van der Waals surface area contributed by atoms with Crippen LogP contribution in [0, 0.1) is 11.8 Å². The molecule has 0 bridgehead atoms. The van der Waals surface area contributed by atoms with E-state index in [-0.39, 0.29) is 54.1 Å². The topological polar surface area (TPSA) is 196 Å². The van der Waals surface area contributed by atoms with E-state index in [0.29, 0.717) is 5.56 Å². The zero-order valence-corrected chi connectivity index (χ0v) is 20.9. The molecule has 1 aromatic rings. The second-order valence-electron chi connectivity index (χ2n) is 10.4. The second kappa shape index (κ2) is 8.40. The zero-order chi connectivity index (χ0) is 27.0. The summed E-state index contributed by atoms with van der Waals surface area (Å²) in [6, 6.07) is 2.97. The van der Waals surface area contributed by atoms with Gasteiger partial charge >= 0.3 is 0 Å². The highest BCUT2D eigenvalue weighted by atomic mass is 32.2. The summed E-state index contributed by atoms with van der Waals surface area (Å²) in [5.74, 6) is -7.24. The summed E-state index contributed by atoms with van der Waals surface area (Å²) < 4.78 is 23.9. The number of phenolic OH excluding ortho intramolecular Hbond substituents is 1. The number of benzene rings is 1. The van der Waals surface area contributed by atoms with Gasteiger partial charge in [-0.1, -0.05) is 12.1 Å². The maximum Gasteiger partial charge on any atom is 0.255 e. The van der Waals surface area contributed by atoms with E-state index in [0.717, 1.165) is 0 Å². The number of likely N-dealkylation sites (N-methyl/N-ethyl adjacent to an activating group) is 1. The summed E-state index contributed by atoms with van der Waals surface area (Å²) in [5.41, 5.74) is 2.18. The van der Waals surface area contributed by atoms with Gasteiger partial charge in [0.15, 0.2) is 11.4 Å². The van der Waals surface area contributed by atoms with Crippen LogP contribution < -0.4 is 5.73 Å². The number of ketones is 2. The zero-order valence-electron chi connectivity index (χ0n) is 20.0. The van der Waals surface area contributed by atoms with Crippen molar-refractivity contribution in [2.24, 2.45) is 17.6 Å². The number of carbonyl (C=O) groups excluding carboxylic acids is 3. The van der Waals surface area contributed by atoms with E-state index in [1.165, 1.54) is 6.07 Å². The molecule has 1 heterocycles. The third-order valence-corrected chi connectivity index (χ3v) is 10.2. The van der Waals surface area contributed by atoms with Gasteiger partial charge in [-0.05, 0) is 50.3 Å². The van der Waals surface area contributed by atoms with Crippen molar-refractivity contribution in [3.8, 4) is 5.75 Å². The van der Waals surface area contributed by atoms with Gasteiger partial charge in [-0.2, -0.15) is 0 Å². The summed E-state index contributed by atoms with van der Waals surface area (Å²) in [7, 11) is -1.65. The molecule has 1 amide bonds. The number of carbonyl (C=O) groups is 3. The lowest BCUT2D eigenvalue weighted by atomic mass is 9.57. The molecule has 5 rings (SSSR count). The number of primary amides is 1. The predicted molar refractivity (Wildman–Crippen MR) is 130 cm³/mol. The summed E-state index contributed by atoms with van der Waals surface area (Å²) in [6.45, 7) is 0. The number of amides is 1. The molecule has 1 aliphatic heterocycles. The van der Waals surface area contributed by atoms with E-state index >= 15 is 0 Å². The van der Waals surface area contributed by atoms with Gasteiger partial charge in [0.05, 0.1) is 23.1 Å². The van der Waals surface area contributed by atoms with Crippen molar-refractivity contribution in [3.63, 3.8) is 0 Å². The fourth-order valence-corrected chi connectivity index (χ4v) is 8.03. The van der Waals surface area contributed by atoms with Crippen molar-refractivity contribution in [2.45, 2.75) is 43.4 Å². The number of fused-ring (bicyclic) bond motifs is 3. The number of phenols is 1. The largest absolute Gasteiger partial charge is 0.508 e. The van der Waals surface area contributed by atoms with Gasteiger partial charge in [0.25, 0.3) is 5.91 Å². The third-order valence-electron chi connectivity index (χ3n) is 8.44. The predicted octanol–water partition coefficient (Wildman–Crippen LogP) is -0.0886. The second-order valence-corrected chi connectivity index (χ2v) is 12.7. The molecule has 0 radical (unpaired) electrons. The minimum absolute atomic E-state index is 0.0153. The Morgan fingerprint density at radius 1 is 1.14 bits per heavy atom. The fourth-order valence-electron chi connectivity index (χ4n) is 6.57. The van der Waals surface area contributed by atoms with Crippen LogP contribution in [-0.2, 0) is 30.6 Å². The maximum atomic E-state index is 13.9. The molecule has 4 atom stereocenters. The lowest BCUT2D eigenvalue weighted by molar-refractivity contribution is -0.155. The Kier molecular flexibility index (Phi) is 5.77. The Balaban J connectivity index is 1.65. The Morgan fingerprint density at radius 3 is 2.41 bits per heavy atom. The lowest BCUT2D eigenvalue weighted by Crippen LogP contribution is -2.67. The van der Waals surface area contributed by atoms with E-state index in [1.54, 1.807) is 24.1 Å². The van der Waals surface area contributed by atoms with Crippen LogP contribution in [0.15, 0.2) is 35.1 Å². The summed E-state index contributed by atoms with van der Waals surface area (Å²) in [4.78, 5) is 41.2. The van der Waals surface area contributed by atoms with E-state index < -0.39 is 73.9 Å². The van der Waals surface area contributed by atoms with Crippen molar-refractivity contribution in [1.82, 2.24) is 4.90 Å². The number of rotatable bonds is 3. The first-order chi connectivity index (χ1) is 17.3. The number of aliphatic hydroxyl groups excluding tert-OH is 2. The summed E-state index contributed by atoms with van der Waals surface area (Å²) in [5, 5.41) is 44.1. The lowest BCUT2D eigenvalue weighted by Gasteiger charge is -2.52. The van der Waals surface area contributed by atoms with Gasteiger partial charge in [-0.15, -0.1) is 0 Å². The van der Waals surface area contributed by atoms with Crippen LogP contribution in [0.1, 0.15) is 30.4 Å². The molecule has 198 valence electrons. The van der Waals surface area contributed by atoms with Crippen LogP contribution in [0.5, 0.6) is 5.75 Å². The van der Waals surface area contributed by atoms with Crippen LogP contribution in [-0.4, -0.2) is 87.5 Å². The standard InChI is InChI=1S/C25H28N2O9S/c1-27(13-5-7-37(35,36)8-6-13)19-14-10-12-9-11-3-2-4-15(28)16(11)20(29)17(12)22(31)25(14,34)23(32)18(21(19)30)24(26)33/h2-4,12-14,19,28-29,32,34H,5-10H2,1H3,(H2,26,33)/t12-,14-,19+,25-/m0/s1. The Hall–Kier alpha value is -3.22. The number of nitrogens with two attached hydrogens (primary N) is 1. The normalized spacial score (nSPS) is 31.7. The summed E-state index contributed by atoms with van der Waals surface area (Å²) in [6.07, 6.45) is 0.635. The molecule has 2 fully saturated rings. The number of hydrogen-bond donors (Lipinski definition) is 5. The molecule has 1 saturated carbocycles. The summed E-state index contributed by atoms with van der Waals surface area (Å²) >= 11 is 0. The first kappa shape index (κ1) is 25.4. The molecule has 12 heteroatoms. The molecule has 0 spiro atoms. The van der Waals surface area contributed by atoms with Gasteiger partial charge in [-0.3, -0.25) is 19.3 Å². The maximum absolute atomic E-state index is 13.9. The van der Waals surface area contributed by atoms with Gasteiger partial charge in [0.1, 0.15) is 32.7 Å². The van der Waals surface area contributed by atoms with Crippen molar-refractivity contribution < 1.29 is 43.2 Å². The Labute approximate surface area is 212 Å². The number of nitrogens with zero attached hydrogens (tertiary/aromatic N) is 1. The Bertz CT molecular complexity index is 1400. The molecule has 1 saturated heterocycles. The molecule has 6 N–H and O–H groups in total. The molecule has 1 aromatic carbocycles. The Morgan fingerprint density at radius 2 is 1.78 bits per heavy atom.